The van der Waals surface area contributed by atoms with Crippen molar-refractivity contribution in [1.29, 1.82) is 0 Å². The maximum Gasteiger partial charge on any atom is 0.276 e. The summed E-state index contributed by atoms with van der Waals surface area (Å²) in [5.74, 6) is 0.653. The molecule has 6 heteroatoms. The number of likely N-dealkylation sites (tertiary alicyclic amines) is 1. The number of amides is 1. The molecule has 1 fully saturated rings. The summed E-state index contributed by atoms with van der Waals surface area (Å²) in [5.41, 5.74) is -0.127. The van der Waals surface area contributed by atoms with Gasteiger partial charge in [0.2, 0.25) is 0 Å². The van der Waals surface area contributed by atoms with Crippen molar-refractivity contribution in [2.24, 2.45) is 5.41 Å². The largest absolute Gasteiger partial charge is 0.455 e. The number of nitrogens with zero attached hydrogens (tertiary/aromatic N) is 2. The number of aliphatic hydroxyl groups excluding tert-OH is 2. The van der Waals surface area contributed by atoms with Crippen LogP contribution in [-0.2, 0) is 0 Å². The maximum absolute atomic E-state index is 13.1. The van der Waals surface area contributed by atoms with Gasteiger partial charge in [-0.15, -0.1) is 0 Å². The van der Waals surface area contributed by atoms with Gasteiger partial charge < -0.3 is 19.8 Å². The molecule has 0 unspecified atom stereocenters. The zero-order valence-electron chi connectivity index (χ0n) is 15.0. The summed E-state index contributed by atoms with van der Waals surface area (Å²) in [6.45, 7) is 4.41. The van der Waals surface area contributed by atoms with Gasteiger partial charge in [0.15, 0.2) is 11.4 Å². The third-order valence-corrected chi connectivity index (χ3v) is 4.46. The highest BCUT2D eigenvalue weighted by atomic mass is 16.5. The Morgan fingerprint density at radius 1 is 1.15 bits per heavy atom. The minimum atomic E-state index is -0.983. The van der Waals surface area contributed by atoms with E-state index in [0.29, 0.717) is 24.5 Å². The minimum absolute atomic E-state index is 0.0603. The molecule has 0 aliphatic carbocycles. The summed E-state index contributed by atoms with van der Waals surface area (Å²) in [5, 5.41) is 20.2. The van der Waals surface area contributed by atoms with E-state index >= 15 is 0 Å². The first kappa shape index (κ1) is 18.4. The second kappa shape index (κ2) is 7.43. The van der Waals surface area contributed by atoms with E-state index in [2.05, 4.69) is 4.98 Å². The first-order chi connectivity index (χ1) is 12.4. The molecule has 3 rings (SSSR count). The Bertz CT molecular complexity index is 763. The van der Waals surface area contributed by atoms with Gasteiger partial charge in [0, 0.05) is 19.3 Å². The molecule has 0 spiro atoms. The number of aromatic nitrogens is 1. The molecular weight excluding hydrogens is 332 g/mol. The summed E-state index contributed by atoms with van der Waals surface area (Å²) in [4.78, 5) is 18.8. The Kier molecular flexibility index (Phi) is 5.25. The van der Waals surface area contributed by atoms with Crippen LogP contribution in [0.3, 0.4) is 0 Å². The Morgan fingerprint density at radius 2 is 1.88 bits per heavy atom. The normalized spacial score (nSPS) is 22.5. The average molecular weight is 356 g/mol. The number of carbonyl (C=O) groups excluding carboxylic acids is 1. The van der Waals surface area contributed by atoms with Crippen LogP contribution in [0.25, 0.3) is 0 Å². The number of pyridine rings is 1. The van der Waals surface area contributed by atoms with Crippen LogP contribution in [0.4, 0.5) is 0 Å². The molecule has 1 aromatic carbocycles. The highest BCUT2D eigenvalue weighted by Gasteiger charge is 2.37. The van der Waals surface area contributed by atoms with Gasteiger partial charge >= 0.3 is 0 Å². The first-order valence-electron chi connectivity index (χ1n) is 8.69. The van der Waals surface area contributed by atoms with Crippen molar-refractivity contribution in [2.45, 2.75) is 32.5 Å². The lowest BCUT2D eigenvalue weighted by Crippen LogP contribution is -2.41. The number of carbonyl (C=O) groups is 1. The van der Waals surface area contributed by atoms with E-state index in [0.717, 1.165) is 0 Å². The fourth-order valence-corrected chi connectivity index (χ4v) is 3.25. The second-order valence-electron chi connectivity index (χ2n) is 7.45. The molecule has 0 saturated carbocycles. The van der Waals surface area contributed by atoms with Crippen LogP contribution >= 0.6 is 0 Å². The van der Waals surface area contributed by atoms with E-state index in [1.807, 2.05) is 32.0 Å². The highest BCUT2D eigenvalue weighted by molar-refractivity contribution is 5.95. The fourth-order valence-electron chi connectivity index (χ4n) is 3.25. The molecule has 1 aliphatic heterocycles. The lowest BCUT2D eigenvalue weighted by Gasteiger charge is -2.29. The van der Waals surface area contributed by atoms with Crippen LogP contribution in [0, 0.1) is 5.41 Å². The van der Waals surface area contributed by atoms with E-state index in [4.69, 9.17) is 4.74 Å². The molecule has 1 amide bonds. The SMILES string of the molecule is CC1(C)C[C@@H](O)[C@@H](O)CN(C(=O)c2ncccc2Oc2ccccc2)C1. The van der Waals surface area contributed by atoms with E-state index < -0.39 is 12.2 Å². The van der Waals surface area contributed by atoms with Crippen molar-refractivity contribution in [2.75, 3.05) is 13.1 Å². The Labute approximate surface area is 153 Å². The predicted molar refractivity (Wildman–Crippen MR) is 97.1 cm³/mol. The number of β-amino-alcohol motifs (C(OH)–C–C–N with tert-alkyl or cyclic N) is 1. The molecule has 2 heterocycles. The van der Waals surface area contributed by atoms with Crippen molar-refractivity contribution < 1.29 is 19.7 Å². The van der Waals surface area contributed by atoms with E-state index in [-0.39, 0.29) is 23.6 Å². The molecule has 2 aromatic rings. The van der Waals surface area contributed by atoms with Gasteiger partial charge in [-0.05, 0) is 36.1 Å². The number of rotatable bonds is 3. The quantitative estimate of drug-likeness (QED) is 0.883. The van der Waals surface area contributed by atoms with Crippen molar-refractivity contribution in [3.05, 3.63) is 54.4 Å². The molecule has 0 bridgehead atoms. The standard InChI is InChI=1S/C20H24N2O4/c1-20(2)11-15(23)16(24)12-22(13-20)19(25)18-17(9-6-10-21-18)26-14-7-4-3-5-8-14/h3-10,15-16,23-24H,11-13H2,1-2H3/t15-,16+/m1/s1. The molecule has 2 N–H and O–H groups in total. The van der Waals surface area contributed by atoms with Crippen molar-refractivity contribution in [3.63, 3.8) is 0 Å². The molecule has 1 aromatic heterocycles. The topological polar surface area (TPSA) is 82.9 Å². The lowest BCUT2D eigenvalue weighted by molar-refractivity contribution is 0.00360. The maximum atomic E-state index is 13.1. The summed E-state index contributed by atoms with van der Waals surface area (Å²) in [6.07, 6.45) is 0.127. The number of para-hydroxylation sites is 1. The second-order valence-corrected chi connectivity index (χ2v) is 7.45. The van der Waals surface area contributed by atoms with E-state index in [1.165, 1.54) is 0 Å². The lowest BCUT2D eigenvalue weighted by atomic mass is 9.86. The van der Waals surface area contributed by atoms with Gasteiger partial charge in [0.1, 0.15) is 5.75 Å². The Morgan fingerprint density at radius 3 is 2.62 bits per heavy atom. The monoisotopic (exact) mass is 356 g/mol. The summed E-state index contributed by atoms with van der Waals surface area (Å²) >= 11 is 0. The molecule has 26 heavy (non-hydrogen) atoms. The molecule has 6 nitrogen and oxygen atoms in total. The van der Waals surface area contributed by atoms with Gasteiger partial charge in [-0.3, -0.25) is 4.79 Å². The summed E-state index contributed by atoms with van der Waals surface area (Å²) < 4.78 is 5.83. The van der Waals surface area contributed by atoms with E-state index in [1.54, 1.807) is 35.4 Å². The van der Waals surface area contributed by atoms with Crippen LogP contribution in [0.5, 0.6) is 11.5 Å². The van der Waals surface area contributed by atoms with Gasteiger partial charge in [-0.25, -0.2) is 4.98 Å². The number of hydrogen-bond acceptors (Lipinski definition) is 5. The van der Waals surface area contributed by atoms with Crippen LogP contribution in [0.2, 0.25) is 0 Å². The number of hydrogen-bond donors (Lipinski definition) is 2. The minimum Gasteiger partial charge on any atom is -0.455 e. The van der Waals surface area contributed by atoms with Crippen LogP contribution in [0.1, 0.15) is 30.8 Å². The number of ether oxygens (including phenoxy) is 1. The summed E-state index contributed by atoms with van der Waals surface area (Å²) in [6, 6.07) is 12.6. The number of aliphatic hydroxyl groups is 2. The number of benzene rings is 1. The Balaban J connectivity index is 1.87. The molecule has 0 radical (unpaired) electrons. The third-order valence-electron chi connectivity index (χ3n) is 4.46. The average Bonchev–Trinajstić information content (AvgIpc) is 2.71. The smallest absolute Gasteiger partial charge is 0.276 e. The van der Waals surface area contributed by atoms with Crippen LogP contribution in [-0.4, -0.2) is 51.3 Å². The van der Waals surface area contributed by atoms with Crippen molar-refractivity contribution in [1.82, 2.24) is 9.88 Å². The molecular formula is C20H24N2O4. The zero-order valence-corrected chi connectivity index (χ0v) is 15.0. The van der Waals surface area contributed by atoms with E-state index in [9.17, 15) is 15.0 Å². The summed E-state index contributed by atoms with van der Waals surface area (Å²) in [7, 11) is 0. The van der Waals surface area contributed by atoms with Gasteiger partial charge in [0.25, 0.3) is 5.91 Å². The van der Waals surface area contributed by atoms with Crippen molar-refractivity contribution in [3.8, 4) is 11.5 Å². The Hall–Kier alpha value is -2.44. The third kappa shape index (κ3) is 4.20. The van der Waals surface area contributed by atoms with Crippen LogP contribution in [0.15, 0.2) is 48.7 Å². The first-order valence-corrected chi connectivity index (χ1v) is 8.69. The van der Waals surface area contributed by atoms with Gasteiger partial charge in [-0.2, -0.15) is 0 Å². The van der Waals surface area contributed by atoms with Gasteiger partial charge in [-0.1, -0.05) is 32.0 Å². The predicted octanol–water partition coefficient (Wildman–Crippen LogP) is 2.47. The highest BCUT2D eigenvalue weighted by Crippen LogP contribution is 2.31. The molecule has 1 aliphatic rings. The molecule has 138 valence electrons. The zero-order chi connectivity index (χ0) is 18.7. The van der Waals surface area contributed by atoms with Crippen LogP contribution < -0.4 is 4.74 Å². The molecule has 2 atom stereocenters. The molecule has 1 saturated heterocycles. The fraction of sp³-hybridized carbons (Fsp3) is 0.400. The van der Waals surface area contributed by atoms with Crippen molar-refractivity contribution >= 4 is 5.91 Å². The van der Waals surface area contributed by atoms with Gasteiger partial charge in [0.05, 0.1) is 12.2 Å².